The molecule has 15 heavy (non-hydrogen) atoms. The lowest BCUT2D eigenvalue weighted by Gasteiger charge is -2.32. The van der Waals surface area contributed by atoms with Gasteiger partial charge in [-0.05, 0) is 25.5 Å². The summed E-state index contributed by atoms with van der Waals surface area (Å²) in [5, 5.41) is 0. The van der Waals surface area contributed by atoms with Crippen LogP contribution in [0.5, 0.6) is 0 Å². The number of hydrogen-bond acceptors (Lipinski definition) is 4. The van der Waals surface area contributed by atoms with Gasteiger partial charge in [0.1, 0.15) is 5.54 Å². The van der Waals surface area contributed by atoms with Crippen LogP contribution in [0.1, 0.15) is 20.3 Å². The molecule has 0 bridgehead atoms. The van der Waals surface area contributed by atoms with Crippen molar-refractivity contribution in [2.45, 2.75) is 25.8 Å². The van der Waals surface area contributed by atoms with E-state index in [-0.39, 0.29) is 17.8 Å². The molecule has 0 radical (unpaired) electrons. The first kappa shape index (κ1) is 12.4. The summed E-state index contributed by atoms with van der Waals surface area (Å²) in [6.07, 6.45) is 0.476. The highest BCUT2D eigenvalue weighted by Crippen LogP contribution is 2.27. The van der Waals surface area contributed by atoms with Crippen molar-refractivity contribution in [1.82, 2.24) is 4.90 Å². The second-order valence-electron chi connectivity index (χ2n) is 4.31. The molecule has 1 heterocycles. The largest absolute Gasteiger partial charge is 0.467 e. The topological polar surface area (TPSA) is 46.6 Å². The van der Waals surface area contributed by atoms with Crippen LogP contribution in [0.15, 0.2) is 0 Å². The Morgan fingerprint density at radius 1 is 1.67 bits per heavy atom. The van der Waals surface area contributed by atoms with Gasteiger partial charge in [0.05, 0.1) is 7.11 Å². The van der Waals surface area contributed by atoms with Crippen molar-refractivity contribution in [3.05, 3.63) is 0 Å². The van der Waals surface area contributed by atoms with Crippen molar-refractivity contribution in [3.63, 3.8) is 0 Å². The summed E-state index contributed by atoms with van der Waals surface area (Å²) in [6.45, 7) is 4.00. The second-order valence-corrected chi connectivity index (χ2v) is 4.67. The number of nitrogens with zero attached hydrogens (tertiary/aromatic N) is 1. The maximum Gasteiger partial charge on any atom is 0.331 e. The number of carbonyl (C=O) groups is 2. The minimum atomic E-state index is -0.871. The maximum absolute atomic E-state index is 11.7. The zero-order valence-electron chi connectivity index (χ0n) is 9.32. The van der Waals surface area contributed by atoms with Gasteiger partial charge in [-0.3, -0.25) is 4.79 Å². The van der Waals surface area contributed by atoms with E-state index in [2.05, 4.69) is 12.6 Å². The Balaban J connectivity index is 2.80. The zero-order valence-corrected chi connectivity index (χ0v) is 10.2. The molecule has 86 valence electrons. The molecule has 0 spiro atoms. The quantitative estimate of drug-likeness (QED) is 0.575. The van der Waals surface area contributed by atoms with Crippen LogP contribution in [0.3, 0.4) is 0 Å². The zero-order chi connectivity index (χ0) is 11.6. The summed E-state index contributed by atoms with van der Waals surface area (Å²) in [4.78, 5) is 24.8. The van der Waals surface area contributed by atoms with Gasteiger partial charge in [-0.1, -0.05) is 0 Å². The predicted octanol–water partition coefficient (Wildman–Crippen LogP) is 0.716. The summed E-state index contributed by atoms with van der Waals surface area (Å²) in [5.41, 5.74) is -0.871. The summed E-state index contributed by atoms with van der Waals surface area (Å²) in [5.74, 6) is 0.532. The number of likely N-dealkylation sites (tertiary alicyclic amines) is 1. The van der Waals surface area contributed by atoms with Crippen LogP contribution < -0.4 is 0 Å². The second kappa shape index (κ2) is 4.43. The number of rotatable bonds is 3. The Morgan fingerprint density at radius 2 is 2.27 bits per heavy atom. The van der Waals surface area contributed by atoms with Crippen molar-refractivity contribution in [2.75, 3.05) is 19.4 Å². The Hall–Kier alpha value is -0.710. The number of hydrogen-bond donors (Lipinski definition) is 1. The van der Waals surface area contributed by atoms with E-state index in [4.69, 9.17) is 4.74 Å². The van der Waals surface area contributed by atoms with Crippen LogP contribution in [0.25, 0.3) is 0 Å². The average Bonchev–Trinajstić information content (AvgIpc) is 2.58. The molecular formula is C10H17NO3S. The molecular weight excluding hydrogens is 214 g/mol. The third-order valence-electron chi connectivity index (χ3n) is 2.82. The lowest BCUT2D eigenvalue weighted by Crippen LogP contribution is -2.51. The van der Waals surface area contributed by atoms with Gasteiger partial charge in [0, 0.05) is 13.0 Å². The molecule has 0 aromatic carbocycles. The Kier molecular flexibility index (Phi) is 3.65. The molecule has 0 aromatic rings. The fourth-order valence-corrected chi connectivity index (χ4v) is 2.05. The van der Waals surface area contributed by atoms with E-state index in [0.29, 0.717) is 18.7 Å². The number of carbonyl (C=O) groups excluding carboxylic acids is 2. The number of thiol groups is 1. The monoisotopic (exact) mass is 231 g/mol. The normalized spacial score (nSPS) is 22.0. The number of methoxy groups -OCH3 is 1. The van der Waals surface area contributed by atoms with Crippen LogP contribution in [-0.4, -0.2) is 41.7 Å². The number of esters is 1. The van der Waals surface area contributed by atoms with Crippen molar-refractivity contribution >= 4 is 24.5 Å². The van der Waals surface area contributed by atoms with Crippen LogP contribution in [0.4, 0.5) is 0 Å². The third-order valence-corrected chi connectivity index (χ3v) is 3.34. The molecule has 0 saturated carbocycles. The molecule has 1 saturated heterocycles. The molecule has 4 nitrogen and oxygen atoms in total. The minimum absolute atomic E-state index is 0.00412. The third kappa shape index (κ3) is 2.27. The molecule has 0 aromatic heterocycles. The summed E-state index contributed by atoms with van der Waals surface area (Å²) < 4.78 is 4.69. The molecule has 1 atom stereocenters. The van der Waals surface area contributed by atoms with Crippen LogP contribution in [0, 0.1) is 5.92 Å². The molecule has 0 N–H and O–H groups in total. The first-order valence-electron chi connectivity index (χ1n) is 4.93. The average molecular weight is 231 g/mol. The Labute approximate surface area is 95.4 Å². The van der Waals surface area contributed by atoms with E-state index in [1.807, 2.05) is 0 Å². The van der Waals surface area contributed by atoms with Crippen LogP contribution >= 0.6 is 12.6 Å². The van der Waals surface area contributed by atoms with Gasteiger partial charge in [0.2, 0.25) is 5.91 Å². The first-order chi connectivity index (χ1) is 6.93. The van der Waals surface area contributed by atoms with Gasteiger partial charge in [0.25, 0.3) is 0 Å². The van der Waals surface area contributed by atoms with Gasteiger partial charge < -0.3 is 9.64 Å². The van der Waals surface area contributed by atoms with Crippen molar-refractivity contribution in [1.29, 1.82) is 0 Å². The Bertz CT molecular complexity index is 278. The molecule has 0 aliphatic carbocycles. The van der Waals surface area contributed by atoms with Crippen LogP contribution in [0.2, 0.25) is 0 Å². The molecule has 1 rings (SSSR count). The fraction of sp³-hybridized carbons (Fsp3) is 0.800. The van der Waals surface area contributed by atoms with Gasteiger partial charge in [-0.2, -0.15) is 12.6 Å². The summed E-state index contributed by atoms with van der Waals surface area (Å²) >= 11 is 4.17. The molecule has 1 unspecified atom stereocenters. The van der Waals surface area contributed by atoms with E-state index in [1.165, 1.54) is 7.11 Å². The van der Waals surface area contributed by atoms with Gasteiger partial charge in [-0.15, -0.1) is 0 Å². The predicted molar refractivity (Wildman–Crippen MR) is 59.8 cm³/mol. The van der Waals surface area contributed by atoms with Crippen LogP contribution in [-0.2, 0) is 14.3 Å². The fourth-order valence-electron chi connectivity index (χ4n) is 1.80. The molecule has 1 fully saturated rings. The SMILES string of the molecule is COC(=O)C(C)(C)N1CC(CS)CC1=O. The van der Waals surface area contributed by atoms with E-state index in [0.717, 1.165) is 0 Å². The van der Waals surface area contributed by atoms with E-state index < -0.39 is 5.54 Å². The molecule has 1 aliphatic heterocycles. The highest BCUT2D eigenvalue weighted by molar-refractivity contribution is 7.80. The van der Waals surface area contributed by atoms with Gasteiger partial charge in [-0.25, -0.2) is 4.79 Å². The van der Waals surface area contributed by atoms with Crippen molar-refractivity contribution < 1.29 is 14.3 Å². The van der Waals surface area contributed by atoms with E-state index >= 15 is 0 Å². The maximum atomic E-state index is 11.7. The highest BCUT2D eigenvalue weighted by atomic mass is 32.1. The smallest absolute Gasteiger partial charge is 0.331 e. The van der Waals surface area contributed by atoms with E-state index in [9.17, 15) is 9.59 Å². The number of ether oxygens (including phenoxy) is 1. The van der Waals surface area contributed by atoms with Gasteiger partial charge in [0.15, 0.2) is 0 Å². The molecule has 5 heteroatoms. The lowest BCUT2D eigenvalue weighted by atomic mass is 10.0. The van der Waals surface area contributed by atoms with Gasteiger partial charge >= 0.3 is 5.97 Å². The van der Waals surface area contributed by atoms with Crippen molar-refractivity contribution in [2.24, 2.45) is 5.92 Å². The summed E-state index contributed by atoms with van der Waals surface area (Å²) in [6, 6.07) is 0. The number of amides is 1. The first-order valence-corrected chi connectivity index (χ1v) is 5.56. The molecule has 1 amide bonds. The molecule has 1 aliphatic rings. The standard InChI is InChI=1S/C10H17NO3S/c1-10(2,9(13)14-3)11-5-7(6-15)4-8(11)12/h7,15H,4-6H2,1-3H3. The Morgan fingerprint density at radius 3 is 2.67 bits per heavy atom. The van der Waals surface area contributed by atoms with E-state index in [1.54, 1.807) is 18.7 Å². The highest BCUT2D eigenvalue weighted by Gasteiger charge is 2.43. The lowest BCUT2D eigenvalue weighted by molar-refractivity contribution is -0.157. The van der Waals surface area contributed by atoms with Crippen molar-refractivity contribution in [3.8, 4) is 0 Å². The summed E-state index contributed by atoms with van der Waals surface area (Å²) in [7, 11) is 1.33. The minimum Gasteiger partial charge on any atom is -0.467 e.